The van der Waals surface area contributed by atoms with Crippen LogP contribution in [0, 0.1) is 0 Å². The number of rotatable bonds is 3. The molecule has 0 fully saturated rings. The van der Waals surface area contributed by atoms with Gasteiger partial charge in [-0.15, -0.1) is 15.0 Å². The summed E-state index contributed by atoms with van der Waals surface area (Å²) in [5, 5.41) is 11.4. The Morgan fingerprint density at radius 2 is 2.07 bits per heavy atom. The first-order valence-electron chi connectivity index (χ1n) is 4.30. The zero-order valence-electron chi connectivity index (χ0n) is 8.41. The van der Waals surface area contributed by atoms with Gasteiger partial charge in [-0.3, -0.25) is 0 Å². The van der Waals surface area contributed by atoms with Crippen LogP contribution in [0.2, 0.25) is 0 Å². The van der Waals surface area contributed by atoms with Crippen LogP contribution in [-0.2, 0) is 0 Å². The van der Waals surface area contributed by atoms with Crippen LogP contribution in [-0.4, -0.2) is 34.4 Å². The molecule has 0 aliphatic heterocycles. The Balaban J connectivity index is 2.52. The minimum absolute atomic E-state index is 0.661. The van der Waals surface area contributed by atoms with Crippen molar-refractivity contribution in [1.29, 1.82) is 0 Å². The minimum atomic E-state index is 0.661. The normalized spacial score (nSPS) is 10.0. The molecule has 15 heavy (non-hydrogen) atoms. The van der Waals surface area contributed by atoms with E-state index in [0.29, 0.717) is 17.2 Å². The molecule has 0 saturated carbocycles. The second-order valence-corrected chi connectivity index (χ2v) is 2.76. The van der Waals surface area contributed by atoms with Crippen molar-refractivity contribution in [3.05, 3.63) is 24.5 Å². The molecule has 1 aromatic carbocycles. The second kappa shape index (κ2) is 3.95. The summed E-state index contributed by atoms with van der Waals surface area (Å²) >= 11 is 0. The molecule has 0 amide bonds. The van der Waals surface area contributed by atoms with E-state index in [1.54, 1.807) is 32.4 Å². The SMILES string of the molecule is COc1ccc(OC)c(-n2ncnn2)c1. The van der Waals surface area contributed by atoms with Gasteiger partial charge in [0.25, 0.3) is 0 Å². The Morgan fingerprint density at radius 3 is 2.67 bits per heavy atom. The van der Waals surface area contributed by atoms with Crippen molar-refractivity contribution in [2.75, 3.05) is 14.2 Å². The molecule has 0 spiro atoms. The van der Waals surface area contributed by atoms with E-state index in [1.165, 1.54) is 11.1 Å². The Bertz CT molecular complexity index is 441. The maximum absolute atomic E-state index is 5.18. The molecular weight excluding hydrogens is 196 g/mol. The molecular formula is C9H10N4O2. The van der Waals surface area contributed by atoms with E-state index in [0.717, 1.165) is 0 Å². The fourth-order valence-corrected chi connectivity index (χ4v) is 1.23. The Morgan fingerprint density at radius 1 is 1.20 bits per heavy atom. The summed E-state index contributed by atoms with van der Waals surface area (Å²) in [5.41, 5.74) is 0.689. The lowest BCUT2D eigenvalue weighted by Gasteiger charge is -2.08. The molecule has 6 heteroatoms. The third-order valence-electron chi connectivity index (χ3n) is 1.95. The van der Waals surface area contributed by atoms with E-state index in [1.807, 2.05) is 0 Å². The van der Waals surface area contributed by atoms with Crippen molar-refractivity contribution in [3.63, 3.8) is 0 Å². The van der Waals surface area contributed by atoms with E-state index >= 15 is 0 Å². The molecule has 0 atom stereocenters. The van der Waals surface area contributed by atoms with Gasteiger partial charge in [-0.2, -0.15) is 0 Å². The number of tetrazole rings is 1. The van der Waals surface area contributed by atoms with Crippen LogP contribution >= 0.6 is 0 Å². The van der Waals surface area contributed by atoms with Crippen molar-refractivity contribution in [3.8, 4) is 17.2 Å². The van der Waals surface area contributed by atoms with Gasteiger partial charge in [-0.25, -0.2) is 0 Å². The van der Waals surface area contributed by atoms with Gasteiger partial charge in [0.2, 0.25) is 0 Å². The predicted molar refractivity (Wildman–Crippen MR) is 52.3 cm³/mol. The maximum atomic E-state index is 5.18. The van der Waals surface area contributed by atoms with Gasteiger partial charge in [0.1, 0.15) is 17.2 Å². The van der Waals surface area contributed by atoms with Gasteiger partial charge in [0.15, 0.2) is 6.33 Å². The highest BCUT2D eigenvalue weighted by Crippen LogP contribution is 2.25. The summed E-state index contributed by atoms with van der Waals surface area (Å²) in [4.78, 5) is 1.38. The number of nitrogens with zero attached hydrogens (tertiary/aromatic N) is 4. The van der Waals surface area contributed by atoms with Gasteiger partial charge < -0.3 is 9.47 Å². The van der Waals surface area contributed by atoms with Crippen molar-refractivity contribution in [2.45, 2.75) is 0 Å². The quantitative estimate of drug-likeness (QED) is 0.739. The molecule has 0 aliphatic carbocycles. The number of hydrogen-bond acceptors (Lipinski definition) is 5. The lowest BCUT2D eigenvalue weighted by atomic mass is 10.3. The highest BCUT2D eigenvalue weighted by Gasteiger charge is 2.08. The van der Waals surface area contributed by atoms with Crippen LogP contribution in [0.3, 0.4) is 0 Å². The monoisotopic (exact) mass is 206 g/mol. The van der Waals surface area contributed by atoms with Gasteiger partial charge >= 0.3 is 0 Å². The molecule has 0 radical (unpaired) electrons. The van der Waals surface area contributed by atoms with Crippen LogP contribution in [0.1, 0.15) is 0 Å². The summed E-state index contributed by atoms with van der Waals surface area (Å²) in [6.45, 7) is 0. The number of benzene rings is 1. The van der Waals surface area contributed by atoms with Crippen molar-refractivity contribution >= 4 is 0 Å². The van der Waals surface area contributed by atoms with Gasteiger partial charge in [0, 0.05) is 6.07 Å². The number of ether oxygens (including phenoxy) is 2. The fourth-order valence-electron chi connectivity index (χ4n) is 1.23. The van der Waals surface area contributed by atoms with Crippen molar-refractivity contribution in [1.82, 2.24) is 20.2 Å². The summed E-state index contributed by atoms with van der Waals surface area (Å²) in [6.07, 6.45) is 1.36. The molecule has 2 rings (SSSR count). The van der Waals surface area contributed by atoms with Crippen LogP contribution in [0.4, 0.5) is 0 Å². The summed E-state index contributed by atoms with van der Waals surface area (Å²) in [6, 6.07) is 5.37. The van der Waals surface area contributed by atoms with Crippen LogP contribution in [0.25, 0.3) is 5.69 Å². The second-order valence-electron chi connectivity index (χ2n) is 2.76. The van der Waals surface area contributed by atoms with Gasteiger partial charge in [-0.1, -0.05) is 0 Å². The summed E-state index contributed by atoms with van der Waals surface area (Å²) in [5.74, 6) is 1.37. The predicted octanol–water partition coefficient (Wildman–Crippen LogP) is 0.679. The molecule has 1 aromatic heterocycles. The fraction of sp³-hybridized carbons (Fsp3) is 0.222. The minimum Gasteiger partial charge on any atom is -0.497 e. The largest absolute Gasteiger partial charge is 0.497 e. The molecule has 0 N–H and O–H groups in total. The maximum Gasteiger partial charge on any atom is 0.162 e. The van der Waals surface area contributed by atoms with E-state index in [4.69, 9.17) is 9.47 Å². The highest BCUT2D eigenvalue weighted by atomic mass is 16.5. The number of methoxy groups -OCH3 is 2. The first kappa shape index (κ1) is 9.45. The molecule has 0 saturated heterocycles. The summed E-state index contributed by atoms with van der Waals surface area (Å²) < 4.78 is 10.3. The van der Waals surface area contributed by atoms with E-state index in [2.05, 4.69) is 15.4 Å². The average Bonchev–Trinajstić information content (AvgIpc) is 2.81. The summed E-state index contributed by atoms with van der Waals surface area (Å²) in [7, 11) is 3.18. The van der Waals surface area contributed by atoms with Crippen LogP contribution in [0.5, 0.6) is 11.5 Å². The van der Waals surface area contributed by atoms with Crippen molar-refractivity contribution < 1.29 is 9.47 Å². The molecule has 0 aliphatic rings. The molecule has 0 bridgehead atoms. The first-order valence-corrected chi connectivity index (χ1v) is 4.30. The lowest BCUT2D eigenvalue weighted by Crippen LogP contribution is -2.02. The molecule has 1 heterocycles. The Hall–Kier alpha value is -2.11. The molecule has 6 nitrogen and oxygen atoms in total. The van der Waals surface area contributed by atoms with E-state index in [-0.39, 0.29) is 0 Å². The highest BCUT2D eigenvalue weighted by molar-refractivity contribution is 5.49. The van der Waals surface area contributed by atoms with E-state index in [9.17, 15) is 0 Å². The standard InChI is InChI=1S/C9H10N4O2/c1-14-7-3-4-9(15-2)8(5-7)13-11-6-10-12-13/h3-6H,1-2H3. The molecule has 78 valence electrons. The third kappa shape index (κ3) is 1.74. The Labute approximate surface area is 86.4 Å². The zero-order chi connectivity index (χ0) is 10.7. The lowest BCUT2D eigenvalue weighted by molar-refractivity contribution is 0.399. The van der Waals surface area contributed by atoms with Crippen molar-refractivity contribution in [2.24, 2.45) is 0 Å². The van der Waals surface area contributed by atoms with Gasteiger partial charge in [0.05, 0.1) is 14.2 Å². The smallest absolute Gasteiger partial charge is 0.162 e. The zero-order valence-corrected chi connectivity index (χ0v) is 8.41. The van der Waals surface area contributed by atoms with Crippen LogP contribution < -0.4 is 9.47 Å². The molecule has 0 unspecified atom stereocenters. The topological polar surface area (TPSA) is 62.1 Å². The number of aromatic nitrogens is 4. The Kier molecular flexibility index (Phi) is 2.49. The third-order valence-corrected chi connectivity index (χ3v) is 1.95. The first-order chi connectivity index (χ1) is 7.35. The number of hydrogen-bond donors (Lipinski definition) is 0. The average molecular weight is 206 g/mol. The van der Waals surface area contributed by atoms with E-state index < -0.39 is 0 Å². The van der Waals surface area contributed by atoms with Gasteiger partial charge in [-0.05, 0) is 17.3 Å². The molecule has 2 aromatic rings. The van der Waals surface area contributed by atoms with Crippen LogP contribution in [0.15, 0.2) is 24.5 Å².